The van der Waals surface area contributed by atoms with Crippen molar-refractivity contribution in [2.45, 2.75) is 12.1 Å². The summed E-state index contributed by atoms with van der Waals surface area (Å²) in [5, 5.41) is 1.51. The molecule has 5 heteroatoms. The molecule has 0 saturated heterocycles. The monoisotopic (exact) mass is 566 g/mol. The zero-order valence-corrected chi connectivity index (χ0v) is 21.3. The highest BCUT2D eigenvalue weighted by Gasteiger charge is 2.39. The molecule has 4 rings (SSSR count). The third-order valence-corrected chi connectivity index (χ3v) is 10.1. The van der Waals surface area contributed by atoms with Crippen LogP contribution in [0, 0.1) is 0 Å². The summed E-state index contributed by atoms with van der Waals surface area (Å²) in [5.74, 6) is -0.0301. The van der Waals surface area contributed by atoms with Gasteiger partial charge in [0.2, 0.25) is 0 Å². The van der Waals surface area contributed by atoms with Crippen LogP contribution < -0.4 is 10.6 Å². The summed E-state index contributed by atoms with van der Waals surface area (Å²) >= 11 is 6.91. The second kappa shape index (κ2) is 10.1. The van der Waals surface area contributed by atoms with Gasteiger partial charge in [-0.15, -0.1) is 0 Å². The first kappa shape index (κ1) is 22.9. The van der Waals surface area contributed by atoms with E-state index in [0.29, 0.717) is 5.56 Å². The average Bonchev–Trinajstić information content (AvgIpc) is 2.84. The van der Waals surface area contributed by atoms with Crippen LogP contribution in [0.4, 0.5) is 0 Å². The fourth-order valence-electron chi connectivity index (χ4n) is 3.88. The van der Waals surface area contributed by atoms with Crippen LogP contribution in [-0.4, -0.2) is 5.78 Å². The zero-order valence-electron chi connectivity index (χ0n) is 17.2. The lowest BCUT2D eigenvalue weighted by atomic mass is 10.0. The molecule has 0 aliphatic heterocycles. The molecule has 0 N–H and O–H groups in total. The third-order valence-electron chi connectivity index (χ3n) is 5.52. The van der Waals surface area contributed by atoms with Crippen molar-refractivity contribution >= 4 is 55.4 Å². The van der Waals surface area contributed by atoms with Gasteiger partial charge in [0, 0.05) is 31.5 Å². The lowest BCUT2D eigenvalue weighted by Crippen LogP contribution is -2.23. The van der Waals surface area contributed by atoms with Gasteiger partial charge in [0.1, 0.15) is 0 Å². The maximum absolute atomic E-state index is 15.1. The van der Waals surface area contributed by atoms with Gasteiger partial charge in [-0.3, -0.25) is 4.79 Å². The van der Waals surface area contributed by atoms with Gasteiger partial charge >= 0.3 is 0 Å². The van der Waals surface area contributed by atoms with Gasteiger partial charge in [-0.25, -0.2) is 0 Å². The molecule has 0 aliphatic carbocycles. The molecular formula is C27H21Br2O2P. The Morgan fingerprint density at radius 3 is 1.56 bits per heavy atom. The Labute approximate surface area is 205 Å². The number of halogens is 2. The summed E-state index contributed by atoms with van der Waals surface area (Å²) in [6.07, 6.45) is 0.143. The van der Waals surface area contributed by atoms with Crippen LogP contribution in [0.3, 0.4) is 0 Å². The highest BCUT2D eigenvalue weighted by Crippen LogP contribution is 2.59. The molecule has 0 fully saturated rings. The average molecular weight is 568 g/mol. The predicted octanol–water partition coefficient (Wildman–Crippen LogP) is 7.54. The molecule has 0 radical (unpaired) electrons. The number of carbonyl (C=O) groups excluding carboxylic acids is 1. The lowest BCUT2D eigenvalue weighted by molar-refractivity contribution is 0.0981. The second-order valence-corrected chi connectivity index (χ2v) is 12.3. The SMILES string of the molecule is O=C(C[C@@H](c1ccc(Br)cc1)P(=O)(c1ccccc1)c1ccccc1)c1ccc(Br)cc1. The van der Waals surface area contributed by atoms with Crippen molar-refractivity contribution in [1.82, 2.24) is 0 Å². The van der Waals surface area contributed by atoms with E-state index in [9.17, 15) is 4.79 Å². The number of benzene rings is 4. The summed E-state index contributed by atoms with van der Waals surface area (Å²) in [4.78, 5) is 13.4. The first-order valence-corrected chi connectivity index (χ1v) is 13.6. The van der Waals surface area contributed by atoms with E-state index >= 15 is 4.57 Å². The van der Waals surface area contributed by atoms with Crippen LogP contribution in [0.25, 0.3) is 0 Å². The molecule has 4 aromatic carbocycles. The van der Waals surface area contributed by atoms with E-state index in [1.165, 1.54) is 0 Å². The minimum atomic E-state index is -3.20. The van der Waals surface area contributed by atoms with E-state index < -0.39 is 12.8 Å². The van der Waals surface area contributed by atoms with Gasteiger partial charge in [0.05, 0.1) is 5.66 Å². The first-order valence-electron chi connectivity index (χ1n) is 10.2. The minimum Gasteiger partial charge on any atom is -0.313 e. The summed E-state index contributed by atoms with van der Waals surface area (Å²) in [6, 6.07) is 34.2. The largest absolute Gasteiger partial charge is 0.313 e. The topological polar surface area (TPSA) is 34.1 Å². The van der Waals surface area contributed by atoms with E-state index in [2.05, 4.69) is 31.9 Å². The normalized spacial score (nSPS) is 12.3. The highest BCUT2D eigenvalue weighted by atomic mass is 79.9. The van der Waals surface area contributed by atoms with Crippen molar-refractivity contribution in [1.29, 1.82) is 0 Å². The van der Waals surface area contributed by atoms with E-state index in [-0.39, 0.29) is 12.2 Å². The summed E-state index contributed by atoms with van der Waals surface area (Å²) < 4.78 is 16.9. The molecule has 32 heavy (non-hydrogen) atoms. The van der Waals surface area contributed by atoms with Crippen molar-refractivity contribution in [3.63, 3.8) is 0 Å². The second-order valence-electron chi connectivity index (χ2n) is 7.53. The molecule has 2 nitrogen and oxygen atoms in total. The molecule has 0 heterocycles. The number of carbonyl (C=O) groups is 1. The summed E-state index contributed by atoms with van der Waals surface area (Å²) in [5.41, 5.74) is 1.01. The summed E-state index contributed by atoms with van der Waals surface area (Å²) in [6.45, 7) is 0. The van der Waals surface area contributed by atoms with Crippen LogP contribution in [0.1, 0.15) is 28.0 Å². The Balaban J connectivity index is 1.88. The van der Waals surface area contributed by atoms with Crippen LogP contribution in [-0.2, 0) is 4.57 Å². The van der Waals surface area contributed by atoms with Crippen LogP contribution >= 0.6 is 39.0 Å². The summed E-state index contributed by atoms with van der Waals surface area (Å²) in [7, 11) is -3.20. The van der Waals surface area contributed by atoms with E-state index in [4.69, 9.17) is 0 Å². The molecule has 1 atom stereocenters. The van der Waals surface area contributed by atoms with Gasteiger partial charge in [-0.2, -0.15) is 0 Å². The fourth-order valence-corrected chi connectivity index (χ4v) is 7.67. The number of ketones is 1. The first-order chi connectivity index (χ1) is 15.5. The number of rotatable bonds is 7. The van der Waals surface area contributed by atoms with Crippen LogP contribution in [0.2, 0.25) is 0 Å². The molecular weight excluding hydrogens is 547 g/mol. The van der Waals surface area contributed by atoms with E-state index in [1.807, 2.05) is 97.1 Å². The maximum atomic E-state index is 15.1. The highest BCUT2D eigenvalue weighted by molar-refractivity contribution is 9.10. The Kier molecular flexibility index (Phi) is 7.25. The molecule has 0 aliphatic rings. The number of hydrogen-bond acceptors (Lipinski definition) is 2. The predicted molar refractivity (Wildman–Crippen MR) is 140 cm³/mol. The standard InChI is InChI=1S/C27H21Br2O2P/c28-22-15-11-20(12-16-22)26(30)19-27(21-13-17-23(29)18-14-21)32(31,24-7-3-1-4-8-24)25-9-5-2-6-10-25/h1-18,27H,19H2/t27-/m0/s1. The van der Waals surface area contributed by atoms with Crippen molar-refractivity contribution in [2.24, 2.45) is 0 Å². The van der Waals surface area contributed by atoms with E-state index in [0.717, 1.165) is 25.1 Å². The van der Waals surface area contributed by atoms with Gasteiger partial charge < -0.3 is 4.57 Å². The minimum absolute atomic E-state index is 0.0301. The number of Topliss-reactive ketones (excluding diaryl/α,β-unsaturated/α-hetero) is 1. The molecule has 160 valence electrons. The van der Waals surface area contributed by atoms with Crippen LogP contribution in [0.5, 0.6) is 0 Å². The number of hydrogen-bond donors (Lipinski definition) is 0. The Morgan fingerprint density at radius 1 is 0.656 bits per heavy atom. The smallest absolute Gasteiger partial charge is 0.163 e. The zero-order chi connectivity index (χ0) is 22.6. The van der Waals surface area contributed by atoms with E-state index in [1.54, 1.807) is 12.1 Å². The molecule has 0 saturated carbocycles. The van der Waals surface area contributed by atoms with Gasteiger partial charge in [0.15, 0.2) is 12.9 Å². The molecule has 0 spiro atoms. The molecule has 0 aromatic heterocycles. The van der Waals surface area contributed by atoms with Gasteiger partial charge in [0.25, 0.3) is 0 Å². The van der Waals surface area contributed by atoms with Gasteiger partial charge in [-0.05, 0) is 29.8 Å². The van der Waals surface area contributed by atoms with Crippen molar-refractivity contribution in [2.75, 3.05) is 0 Å². The quantitative estimate of drug-likeness (QED) is 0.171. The lowest BCUT2D eigenvalue weighted by Gasteiger charge is -2.29. The fraction of sp³-hybridized carbons (Fsp3) is 0.0741. The van der Waals surface area contributed by atoms with Crippen molar-refractivity contribution in [3.8, 4) is 0 Å². The third kappa shape index (κ3) is 4.88. The molecule has 0 amide bonds. The van der Waals surface area contributed by atoms with Crippen molar-refractivity contribution in [3.05, 3.63) is 129 Å². The Bertz CT molecular complexity index is 1200. The maximum Gasteiger partial charge on any atom is 0.163 e. The van der Waals surface area contributed by atoms with Crippen molar-refractivity contribution < 1.29 is 9.36 Å². The Morgan fingerprint density at radius 2 is 1.09 bits per heavy atom. The van der Waals surface area contributed by atoms with Gasteiger partial charge in [-0.1, -0.05) is 117 Å². The van der Waals surface area contributed by atoms with Crippen LogP contribution in [0.15, 0.2) is 118 Å². The molecule has 0 bridgehead atoms. The Hall–Kier alpha value is -2.26. The molecule has 0 unspecified atom stereocenters. The molecule has 4 aromatic rings.